The second kappa shape index (κ2) is 7.80. The topological polar surface area (TPSA) is 226 Å². The van der Waals surface area contributed by atoms with Gasteiger partial charge in [0.25, 0.3) is 0 Å². The van der Waals surface area contributed by atoms with Gasteiger partial charge in [-0.3, -0.25) is 0 Å². The summed E-state index contributed by atoms with van der Waals surface area (Å²) >= 11 is 0. The van der Waals surface area contributed by atoms with Crippen LogP contribution in [0.15, 0.2) is 40.3 Å². The lowest BCUT2D eigenvalue weighted by Gasteiger charge is -2.16. The van der Waals surface area contributed by atoms with E-state index in [1.165, 1.54) is 18.3 Å². The van der Waals surface area contributed by atoms with Gasteiger partial charge in [0.05, 0.1) is 5.56 Å². The van der Waals surface area contributed by atoms with E-state index in [0.717, 1.165) is 6.07 Å². The quantitative estimate of drug-likeness (QED) is 0.283. The largest absolute Gasteiger partial charge is 0.384 e. The first-order valence-corrected chi connectivity index (χ1v) is 11.0. The lowest BCUT2D eigenvalue weighted by molar-refractivity contribution is 0.574. The molecular formula is C14H17N9O4S2. The molecule has 0 bridgehead atoms. The normalized spacial score (nSPS) is 12.2. The summed E-state index contributed by atoms with van der Waals surface area (Å²) in [5.74, 6) is 0.0726. The molecule has 2 aromatic heterocycles. The maximum absolute atomic E-state index is 12.7. The Labute approximate surface area is 165 Å². The van der Waals surface area contributed by atoms with Crippen molar-refractivity contribution in [3.05, 3.63) is 30.5 Å². The number of pyridine rings is 1. The van der Waals surface area contributed by atoms with Crippen molar-refractivity contribution >= 4 is 25.9 Å². The molecule has 0 radical (unpaired) electrons. The van der Waals surface area contributed by atoms with E-state index in [1.54, 1.807) is 6.07 Å². The third-order valence-electron chi connectivity index (χ3n) is 3.80. The molecule has 13 nitrogen and oxygen atoms in total. The predicted molar refractivity (Wildman–Crippen MR) is 103 cm³/mol. The first-order chi connectivity index (χ1) is 13.6. The minimum atomic E-state index is -4.55. The van der Waals surface area contributed by atoms with Crippen LogP contribution in [0, 0.1) is 0 Å². The van der Waals surface area contributed by atoms with E-state index in [-0.39, 0.29) is 35.9 Å². The molecule has 0 fully saturated rings. The molecule has 0 amide bonds. The molecule has 3 rings (SSSR count). The first-order valence-electron chi connectivity index (χ1n) is 8.00. The predicted octanol–water partition coefficient (Wildman–Crippen LogP) is -1.60. The van der Waals surface area contributed by atoms with Gasteiger partial charge >= 0.3 is 0 Å². The minimum absolute atomic E-state index is 0.0107. The summed E-state index contributed by atoms with van der Waals surface area (Å²) < 4.78 is 52.5. The third kappa shape index (κ3) is 4.22. The van der Waals surface area contributed by atoms with Crippen molar-refractivity contribution in [1.82, 2.24) is 30.3 Å². The number of nitrogens with zero attached hydrogens (tertiary/aromatic N) is 4. The molecule has 0 aliphatic heterocycles. The highest BCUT2D eigenvalue weighted by Gasteiger charge is 2.31. The third-order valence-corrected chi connectivity index (χ3v) is 6.42. The van der Waals surface area contributed by atoms with Crippen LogP contribution in [0.4, 0.5) is 5.82 Å². The summed E-state index contributed by atoms with van der Waals surface area (Å²) in [6.07, 6.45) is 1.39. The van der Waals surface area contributed by atoms with Gasteiger partial charge in [-0.25, -0.2) is 31.7 Å². The zero-order valence-corrected chi connectivity index (χ0v) is 16.4. The van der Waals surface area contributed by atoms with Gasteiger partial charge in [0.1, 0.15) is 15.6 Å². The van der Waals surface area contributed by atoms with E-state index in [9.17, 15) is 16.8 Å². The van der Waals surface area contributed by atoms with Gasteiger partial charge in [-0.05, 0) is 29.0 Å². The fraction of sp³-hybridized carbons (Fsp3) is 0.143. The summed E-state index contributed by atoms with van der Waals surface area (Å²) in [4.78, 5) is 2.72. The van der Waals surface area contributed by atoms with Crippen LogP contribution in [0.3, 0.4) is 0 Å². The Morgan fingerprint density at radius 2 is 1.86 bits per heavy atom. The molecule has 0 spiro atoms. The number of primary sulfonamides is 1. The van der Waals surface area contributed by atoms with Crippen molar-refractivity contribution in [2.75, 3.05) is 18.8 Å². The van der Waals surface area contributed by atoms with Gasteiger partial charge in [0.15, 0.2) is 0 Å². The SMILES string of the molecule is NCCNS(=O)(=O)c1ccc(-c2ccc(N)nc2)c(-c2nn[nH]n2)c1S(N)(=O)=O. The number of hydrogen-bond donors (Lipinski definition) is 5. The second-order valence-corrected chi connectivity index (χ2v) is 8.99. The average Bonchev–Trinajstić information content (AvgIpc) is 3.19. The number of nitrogens with one attached hydrogen (secondary N) is 2. The molecule has 0 saturated heterocycles. The van der Waals surface area contributed by atoms with Gasteiger partial charge in [0, 0.05) is 24.8 Å². The van der Waals surface area contributed by atoms with Crippen molar-refractivity contribution in [2.24, 2.45) is 10.9 Å². The molecule has 0 aliphatic carbocycles. The number of sulfonamides is 2. The van der Waals surface area contributed by atoms with Crippen molar-refractivity contribution in [3.8, 4) is 22.5 Å². The summed E-state index contributed by atoms with van der Waals surface area (Å²) in [6.45, 7) is -0.0929. The number of H-pyrrole nitrogens is 1. The van der Waals surface area contributed by atoms with Crippen molar-refractivity contribution in [2.45, 2.75) is 9.79 Å². The molecule has 2 heterocycles. The zero-order valence-electron chi connectivity index (χ0n) is 14.8. The maximum Gasteiger partial charge on any atom is 0.241 e. The van der Waals surface area contributed by atoms with Gasteiger partial charge in [-0.1, -0.05) is 6.07 Å². The van der Waals surface area contributed by atoms with Crippen LogP contribution in [0.2, 0.25) is 0 Å². The van der Waals surface area contributed by atoms with Crippen LogP contribution in [0.1, 0.15) is 0 Å². The van der Waals surface area contributed by atoms with Crippen LogP contribution < -0.4 is 21.3 Å². The highest BCUT2D eigenvalue weighted by Crippen LogP contribution is 2.38. The standard InChI is InChI=1S/C14H17N9O4S2/c15-5-6-19-29(26,27)10-3-2-9(8-1-4-11(16)18-7-8)12(13(10)28(17,24)25)14-20-22-23-21-14/h1-4,7,19H,5-6,15H2,(H2,16,18)(H2,17,24,25)(H,20,21,22,23). The molecule has 1 aromatic carbocycles. The van der Waals surface area contributed by atoms with E-state index in [1.807, 2.05) is 0 Å². The summed E-state index contributed by atoms with van der Waals surface area (Å²) in [7, 11) is -8.82. The number of tetrazole rings is 1. The van der Waals surface area contributed by atoms with Crippen LogP contribution in [-0.2, 0) is 20.0 Å². The van der Waals surface area contributed by atoms with Crippen LogP contribution >= 0.6 is 0 Å². The Hall–Kier alpha value is -2.98. The molecule has 29 heavy (non-hydrogen) atoms. The van der Waals surface area contributed by atoms with Crippen LogP contribution in [0.5, 0.6) is 0 Å². The second-order valence-electron chi connectivity index (χ2n) is 5.75. The van der Waals surface area contributed by atoms with E-state index >= 15 is 0 Å². The molecule has 154 valence electrons. The van der Waals surface area contributed by atoms with Crippen molar-refractivity contribution in [1.29, 1.82) is 0 Å². The van der Waals surface area contributed by atoms with E-state index in [2.05, 4.69) is 30.3 Å². The fourth-order valence-electron chi connectivity index (χ4n) is 2.62. The Kier molecular flexibility index (Phi) is 5.58. The molecule has 0 unspecified atom stereocenters. The molecule has 8 N–H and O–H groups in total. The minimum Gasteiger partial charge on any atom is -0.384 e. The van der Waals surface area contributed by atoms with E-state index < -0.39 is 29.8 Å². The molecule has 0 saturated carbocycles. The fourth-order valence-corrected chi connectivity index (χ4v) is 5.27. The molecule has 15 heteroatoms. The molecule has 3 aromatic rings. The highest BCUT2D eigenvalue weighted by molar-refractivity contribution is 7.92. The molecule has 0 atom stereocenters. The Morgan fingerprint density at radius 1 is 1.10 bits per heavy atom. The molecule has 0 aliphatic rings. The molecular weight excluding hydrogens is 422 g/mol. The van der Waals surface area contributed by atoms with Crippen molar-refractivity contribution in [3.63, 3.8) is 0 Å². The van der Waals surface area contributed by atoms with E-state index in [4.69, 9.17) is 16.6 Å². The lowest BCUT2D eigenvalue weighted by Crippen LogP contribution is -2.31. The number of nitrogen functional groups attached to an aromatic ring is 1. The van der Waals surface area contributed by atoms with E-state index in [0.29, 0.717) is 5.56 Å². The number of aromatic amines is 1. The first kappa shape index (κ1) is 20.7. The lowest BCUT2D eigenvalue weighted by atomic mass is 10.0. The van der Waals surface area contributed by atoms with Gasteiger partial charge in [-0.2, -0.15) is 5.21 Å². The Balaban J connectivity index is 2.41. The number of rotatable bonds is 7. The van der Waals surface area contributed by atoms with Crippen molar-refractivity contribution < 1.29 is 16.8 Å². The van der Waals surface area contributed by atoms with Gasteiger partial charge in [0.2, 0.25) is 25.9 Å². The average molecular weight is 439 g/mol. The van der Waals surface area contributed by atoms with Crippen LogP contribution in [0.25, 0.3) is 22.5 Å². The number of anilines is 1. The summed E-state index contributed by atoms with van der Waals surface area (Å²) in [5.41, 5.74) is 11.5. The van der Waals surface area contributed by atoms with Gasteiger partial charge < -0.3 is 11.5 Å². The Morgan fingerprint density at radius 3 is 2.41 bits per heavy atom. The monoisotopic (exact) mass is 439 g/mol. The maximum atomic E-state index is 12.7. The van der Waals surface area contributed by atoms with Crippen LogP contribution in [-0.4, -0.2) is 55.5 Å². The summed E-state index contributed by atoms with van der Waals surface area (Å²) in [5, 5.41) is 18.6. The summed E-state index contributed by atoms with van der Waals surface area (Å²) in [6, 6.07) is 5.59. The number of nitrogens with two attached hydrogens (primary N) is 3. The smallest absolute Gasteiger partial charge is 0.241 e. The Bertz CT molecular complexity index is 1220. The zero-order chi connectivity index (χ0) is 21.2. The number of aromatic nitrogens is 5. The number of hydrogen-bond acceptors (Lipinski definition) is 10. The van der Waals surface area contributed by atoms with Gasteiger partial charge in [-0.15, -0.1) is 10.2 Å². The number of benzene rings is 1. The highest BCUT2D eigenvalue weighted by atomic mass is 32.2.